The first-order chi connectivity index (χ1) is 14.4. The third-order valence-corrected chi connectivity index (χ3v) is 6.16. The van der Waals surface area contributed by atoms with Crippen molar-refractivity contribution in [3.63, 3.8) is 0 Å². The molecular weight excluding hydrogens is 356 g/mol. The van der Waals surface area contributed by atoms with E-state index < -0.39 is 0 Å². The smallest absolute Gasteiger partial charge is 0.0649 e. The molecule has 0 radical (unpaired) electrons. The molecule has 4 heteroatoms. The predicted molar refractivity (Wildman–Crippen MR) is 120 cm³/mol. The first kappa shape index (κ1) is 18.2. The fourth-order valence-corrected chi connectivity index (χ4v) is 4.53. The largest absolute Gasteiger partial charge is 0.369 e. The number of anilines is 1. The Balaban J connectivity index is 1.26. The van der Waals surface area contributed by atoms with Crippen molar-refractivity contribution < 1.29 is 0 Å². The highest BCUT2D eigenvalue weighted by Crippen LogP contribution is 2.32. The highest BCUT2D eigenvalue weighted by molar-refractivity contribution is 5.69. The van der Waals surface area contributed by atoms with Gasteiger partial charge in [-0.2, -0.15) is 5.10 Å². The first-order valence-electron chi connectivity index (χ1n) is 10.7. The number of nitrogens with zero attached hydrogens (tertiary/aromatic N) is 4. The van der Waals surface area contributed by atoms with E-state index in [1.165, 1.54) is 28.9 Å². The van der Waals surface area contributed by atoms with E-state index in [9.17, 15) is 0 Å². The number of hydrogen-bond donors (Lipinski definition) is 0. The summed E-state index contributed by atoms with van der Waals surface area (Å²) in [6.45, 7) is 5.48. The lowest BCUT2D eigenvalue weighted by Crippen LogP contribution is -2.46. The van der Waals surface area contributed by atoms with Crippen molar-refractivity contribution >= 4 is 11.3 Å². The summed E-state index contributed by atoms with van der Waals surface area (Å²) in [5.74, 6) is 0. The molecule has 2 heterocycles. The van der Waals surface area contributed by atoms with Crippen molar-refractivity contribution in [2.45, 2.75) is 19.3 Å². The van der Waals surface area contributed by atoms with E-state index in [-0.39, 0.29) is 0 Å². The normalized spacial score (nSPS) is 18.8. The van der Waals surface area contributed by atoms with Crippen LogP contribution in [0.15, 0.2) is 72.9 Å². The van der Waals surface area contributed by atoms with Crippen LogP contribution in [0.4, 0.5) is 5.69 Å². The molecule has 0 atom stereocenters. The molecule has 1 aliphatic heterocycles. The predicted octanol–water partition coefficient (Wildman–Crippen LogP) is 4.41. The van der Waals surface area contributed by atoms with Gasteiger partial charge in [0.2, 0.25) is 0 Å². The van der Waals surface area contributed by atoms with Crippen LogP contribution in [0.1, 0.15) is 24.1 Å². The first-order valence-corrected chi connectivity index (χ1v) is 10.7. The van der Waals surface area contributed by atoms with E-state index in [2.05, 4.69) is 87.4 Å². The van der Waals surface area contributed by atoms with Crippen LogP contribution in [0, 0.1) is 0 Å². The highest BCUT2D eigenvalue weighted by atomic mass is 15.3. The molecule has 1 aliphatic carbocycles. The van der Waals surface area contributed by atoms with Crippen LogP contribution in [0.2, 0.25) is 0 Å². The van der Waals surface area contributed by atoms with Crippen LogP contribution in [0.5, 0.6) is 0 Å². The van der Waals surface area contributed by atoms with Gasteiger partial charge in [-0.3, -0.25) is 4.90 Å². The summed E-state index contributed by atoms with van der Waals surface area (Å²) in [5, 5.41) is 4.71. The number of benzene rings is 2. The summed E-state index contributed by atoms with van der Waals surface area (Å²) >= 11 is 0. The zero-order valence-electron chi connectivity index (χ0n) is 16.9. The molecule has 4 nitrogen and oxygen atoms in total. The second-order valence-electron chi connectivity index (χ2n) is 7.96. The summed E-state index contributed by atoms with van der Waals surface area (Å²) < 4.78 is 2.13. The summed E-state index contributed by atoms with van der Waals surface area (Å²) in [6, 6.07) is 21.3. The monoisotopic (exact) mass is 384 g/mol. The minimum atomic E-state index is 1.04. The van der Waals surface area contributed by atoms with E-state index in [0.717, 1.165) is 51.3 Å². The molecule has 0 amide bonds. The van der Waals surface area contributed by atoms with Gasteiger partial charge in [-0.15, -0.1) is 0 Å². The van der Waals surface area contributed by atoms with Crippen molar-refractivity contribution in [1.82, 2.24) is 14.7 Å². The van der Waals surface area contributed by atoms with Crippen LogP contribution in [-0.2, 0) is 6.42 Å². The molecule has 148 valence electrons. The molecule has 0 bridgehead atoms. The summed E-state index contributed by atoms with van der Waals surface area (Å²) in [7, 11) is 0. The van der Waals surface area contributed by atoms with Gasteiger partial charge in [0.25, 0.3) is 0 Å². The Labute approximate surface area is 173 Å². The zero-order valence-corrected chi connectivity index (χ0v) is 16.9. The Kier molecular flexibility index (Phi) is 5.18. The van der Waals surface area contributed by atoms with Gasteiger partial charge in [0.05, 0.1) is 17.6 Å². The quantitative estimate of drug-likeness (QED) is 0.666. The molecule has 1 fully saturated rings. The van der Waals surface area contributed by atoms with Crippen LogP contribution >= 0.6 is 0 Å². The molecule has 2 aromatic carbocycles. The van der Waals surface area contributed by atoms with Crippen LogP contribution in [-0.4, -0.2) is 47.4 Å². The number of aromatic nitrogens is 2. The van der Waals surface area contributed by atoms with Crippen molar-refractivity contribution in [2.75, 3.05) is 37.6 Å². The molecule has 0 unspecified atom stereocenters. The van der Waals surface area contributed by atoms with Crippen molar-refractivity contribution in [2.24, 2.45) is 0 Å². The Hall–Kier alpha value is -2.85. The number of piperazine rings is 1. The number of para-hydroxylation sites is 2. The molecule has 0 spiro atoms. The molecule has 0 N–H and O–H groups in total. The fraction of sp³-hybridized carbons (Fsp3) is 0.320. The highest BCUT2D eigenvalue weighted by Gasteiger charge is 2.21. The molecule has 2 aliphatic rings. The molecule has 1 aromatic heterocycles. The fourth-order valence-electron chi connectivity index (χ4n) is 4.53. The number of hydrogen-bond acceptors (Lipinski definition) is 3. The summed E-state index contributed by atoms with van der Waals surface area (Å²) in [4.78, 5) is 5.06. The zero-order chi connectivity index (χ0) is 19.5. The van der Waals surface area contributed by atoms with Crippen molar-refractivity contribution in [3.8, 4) is 5.69 Å². The maximum Gasteiger partial charge on any atom is 0.0649 e. The van der Waals surface area contributed by atoms with Gasteiger partial charge in [-0.1, -0.05) is 42.5 Å². The molecule has 3 aromatic rings. The van der Waals surface area contributed by atoms with E-state index in [0.29, 0.717) is 0 Å². The van der Waals surface area contributed by atoms with Crippen LogP contribution in [0.3, 0.4) is 0 Å². The number of rotatable bonds is 4. The van der Waals surface area contributed by atoms with Gasteiger partial charge in [-0.25, -0.2) is 4.68 Å². The number of fused-ring (bicyclic) bond motifs is 1. The van der Waals surface area contributed by atoms with Gasteiger partial charge in [0.15, 0.2) is 0 Å². The summed E-state index contributed by atoms with van der Waals surface area (Å²) in [6.07, 6.45) is 8.00. The number of allylic oxidation sites excluding steroid dienone is 1. The lowest BCUT2D eigenvalue weighted by atomic mass is 9.92. The minimum absolute atomic E-state index is 1.04. The molecule has 1 saturated heterocycles. The van der Waals surface area contributed by atoms with Gasteiger partial charge in [0.1, 0.15) is 0 Å². The second-order valence-corrected chi connectivity index (χ2v) is 7.96. The Bertz CT molecular complexity index is 967. The standard InChI is InChI=1S/C25H28N4/c1-3-9-22(10-4-1)28-18-16-27(17-19-28)15-14-21-8-7-13-25-24(21)20-26-29(25)23-11-5-2-6-12-23/h1-6,9-12,14,20H,7-8,13,15-19H2/b21-14+. The third kappa shape index (κ3) is 3.85. The topological polar surface area (TPSA) is 24.3 Å². The van der Waals surface area contributed by atoms with Gasteiger partial charge in [-0.05, 0) is 49.1 Å². The Morgan fingerprint density at radius 3 is 2.21 bits per heavy atom. The van der Waals surface area contributed by atoms with E-state index in [4.69, 9.17) is 5.10 Å². The van der Waals surface area contributed by atoms with Crippen LogP contribution < -0.4 is 4.90 Å². The van der Waals surface area contributed by atoms with Gasteiger partial charge >= 0.3 is 0 Å². The van der Waals surface area contributed by atoms with Crippen LogP contribution in [0.25, 0.3) is 11.3 Å². The van der Waals surface area contributed by atoms with Gasteiger partial charge in [0, 0.05) is 44.0 Å². The molecular formula is C25H28N4. The van der Waals surface area contributed by atoms with E-state index in [1.54, 1.807) is 0 Å². The van der Waals surface area contributed by atoms with E-state index in [1.807, 2.05) is 0 Å². The Morgan fingerprint density at radius 1 is 0.793 bits per heavy atom. The third-order valence-electron chi connectivity index (χ3n) is 6.16. The molecule has 29 heavy (non-hydrogen) atoms. The van der Waals surface area contributed by atoms with Crippen molar-refractivity contribution in [3.05, 3.63) is 84.2 Å². The lowest BCUT2D eigenvalue weighted by molar-refractivity contribution is 0.284. The maximum absolute atomic E-state index is 4.71. The molecule has 0 saturated carbocycles. The second kappa shape index (κ2) is 8.26. The minimum Gasteiger partial charge on any atom is -0.369 e. The van der Waals surface area contributed by atoms with Crippen molar-refractivity contribution in [1.29, 1.82) is 0 Å². The maximum atomic E-state index is 4.71. The summed E-state index contributed by atoms with van der Waals surface area (Å²) in [5.41, 5.74) is 6.69. The average molecular weight is 385 g/mol. The van der Waals surface area contributed by atoms with Gasteiger partial charge < -0.3 is 4.90 Å². The Morgan fingerprint density at radius 2 is 1.48 bits per heavy atom. The average Bonchev–Trinajstić information content (AvgIpc) is 3.24. The lowest BCUT2D eigenvalue weighted by Gasteiger charge is -2.35. The SMILES string of the molecule is C(/CN1CCN(c2ccccc2)CC1)=C1/CCCc2c1cnn2-c1ccccc1. The molecule has 5 rings (SSSR count). The van der Waals surface area contributed by atoms with E-state index >= 15 is 0 Å².